The van der Waals surface area contributed by atoms with Gasteiger partial charge in [-0.25, -0.2) is 0 Å². The summed E-state index contributed by atoms with van der Waals surface area (Å²) in [4.78, 5) is 2.69. The van der Waals surface area contributed by atoms with Crippen LogP contribution in [-0.4, -0.2) is 49.8 Å². The standard InChI is InChI=1S/C14H30N2O/c1-5-14(6-2,16-10-8-9-11-16)13(12-17-4)15-7-3/h13,15H,5-12H2,1-4H3. The number of nitrogens with one attached hydrogen (secondary N) is 1. The van der Waals surface area contributed by atoms with Crippen molar-refractivity contribution in [3.05, 3.63) is 0 Å². The van der Waals surface area contributed by atoms with Gasteiger partial charge in [-0.2, -0.15) is 0 Å². The SMILES string of the molecule is CCNC(COC)C(CC)(CC)N1CCCC1. The molecule has 0 spiro atoms. The van der Waals surface area contributed by atoms with Crippen molar-refractivity contribution < 1.29 is 4.74 Å². The Morgan fingerprint density at radius 1 is 1.18 bits per heavy atom. The topological polar surface area (TPSA) is 24.5 Å². The van der Waals surface area contributed by atoms with E-state index in [1.165, 1.54) is 38.8 Å². The summed E-state index contributed by atoms with van der Waals surface area (Å²) in [5.41, 5.74) is 0.280. The minimum atomic E-state index is 0.280. The molecule has 1 aliphatic rings. The monoisotopic (exact) mass is 242 g/mol. The molecule has 0 radical (unpaired) electrons. The van der Waals surface area contributed by atoms with E-state index in [1.807, 2.05) is 7.11 Å². The third-order valence-electron chi connectivity index (χ3n) is 4.39. The molecule has 0 aromatic heterocycles. The fourth-order valence-electron chi connectivity index (χ4n) is 3.39. The zero-order valence-electron chi connectivity index (χ0n) is 12.1. The summed E-state index contributed by atoms with van der Waals surface area (Å²) in [6, 6.07) is 0.450. The summed E-state index contributed by atoms with van der Waals surface area (Å²) >= 11 is 0. The molecule has 1 aliphatic heterocycles. The molecular formula is C14H30N2O. The van der Waals surface area contributed by atoms with Crippen molar-refractivity contribution >= 4 is 0 Å². The molecule has 0 saturated carbocycles. The second-order valence-corrected chi connectivity index (χ2v) is 5.07. The second kappa shape index (κ2) is 7.34. The zero-order valence-corrected chi connectivity index (χ0v) is 12.1. The van der Waals surface area contributed by atoms with Crippen LogP contribution in [0.25, 0.3) is 0 Å². The maximum Gasteiger partial charge on any atom is 0.0633 e. The van der Waals surface area contributed by atoms with Gasteiger partial charge in [0.25, 0.3) is 0 Å². The van der Waals surface area contributed by atoms with Crippen LogP contribution in [0.5, 0.6) is 0 Å². The van der Waals surface area contributed by atoms with Gasteiger partial charge in [-0.05, 0) is 45.3 Å². The lowest BCUT2D eigenvalue weighted by molar-refractivity contribution is 0.0249. The molecule has 17 heavy (non-hydrogen) atoms. The Morgan fingerprint density at radius 3 is 2.18 bits per heavy atom. The number of likely N-dealkylation sites (N-methyl/N-ethyl adjacent to an activating group) is 1. The molecule has 0 aliphatic carbocycles. The van der Waals surface area contributed by atoms with Crippen LogP contribution < -0.4 is 5.32 Å². The van der Waals surface area contributed by atoms with Crippen LogP contribution in [0.3, 0.4) is 0 Å². The average Bonchev–Trinajstić information content (AvgIpc) is 2.86. The highest BCUT2D eigenvalue weighted by atomic mass is 16.5. The largest absolute Gasteiger partial charge is 0.383 e. The van der Waals surface area contributed by atoms with E-state index in [1.54, 1.807) is 0 Å². The maximum atomic E-state index is 5.44. The minimum Gasteiger partial charge on any atom is -0.383 e. The van der Waals surface area contributed by atoms with Gasteiger partial charge in [0.05, 0.1) is 6.61 Å². The highest BCUT2D eigenvalue weighted by Crippen LogP contribution is 2.31. The van der Waals surface area contributed by atoms with Gasteiger partial charge in [0, 0.05) is 18.7 Å². The Kier molecular flexibility index (Phi) is 6.45. The molecule has 3 nitrogen and oxygen atoms in total. The molecule has 0 aromatic rings. The van der Waals surface area contributed by atoms with E-state index in [9.17, 15) is 0 Å². The van der Waals surface area contributed by atoms with Crippen molar-refractivity contribution in [2.45, 2.75) is 58.0 Å². The molecule has 102 valence electrons. The maximum absolute atomic E-state index is 5.44. The Labute approximate surface area is 107 Å². The van der Waals surface area contributed by atoms with Crippen LogP contribution in [-0.2, 0) is 4.74 Å². The van der Waals surface area contributed by atoms with E-state index in [2.05, 4.69) is 31.0 Å². The van der Waals surface area contributed by atoms with Gasteiger partial charge in [0.15, 0.2) is 0 Å². The first kappa shape index (κ1) is 14.9. The summed E-state index contributed by atoms with van der Waals surface area (Å²) in [6.07, 6.45) is 5.11. The first-order valence-corrected chi connectivity index (χ1v) is 7.22. The van der Waals surface area contributed by atoms with Crippen molar-refractivity contribution in [2.24, 2.45) is 0 Å². The third-order valence-corrected chi connectivity index (χ3v) is 4.39. The van der Waals surface area contributed by atoms with E-state index in [0.29, 0.717) is 6.04 Å². The molecule has 1 saturated heterocycles. The van der Waals surface area contributed by atoms with Crippen molar-refractivity contribution in [3.8, 4) is 0 Å². The number of ether oxygens (including phenoxy) is 1. The predicted molar refractivity (Wildman–Crippen MR) is 73.5 cm³/mol. The lowest BCUT2D eigenvalue weighted by atomic mass is 9.83. The summed E-state index contributed by atoms with van der Waals surface area (Å²) in [6.45, 7) is 11.2. The number of rotatable bonds is 8. The molecule has 0 bridgehead atoms. The average molecular weight is 242 g/mol. The van der Waals surface area contributed by atoms with E-state index >= 15 is 0 Å². The third kappa shape index (κ3) is 3.21. The molecule has 1 fully saturated rings. The van der Waals surface area contributed by atoms with Gasteiger partial charge < -0.3 is 10.1 Å². The van der Waals surface area contributed by atoms with Crippen molar-refractivity contribution in [2.75, 3.05) is 33.4 Å². The van der Waals surface area contributed by atoms with Crippen molar-refractivity contribution in [1.82, 2.24) is 10.2 Å². The van der Waals surface area contributed by atoms with Gasteiger partial charge in [-0.3, -0.25) is 4.90 Å². The van der Waals surface area contributed by atoms with Crippen LogP contribution in [0.1, 0.15) is 46.5 Å². The van der Waals surface area contributed by atoms with E-state index in [4.69, 9.17) is 4.74 Å². The first-order chi connectivity index (χ1) is 8.25. The zero-order chi connectivity index (χ0) is 12.7. The lowest BCUT2D eigenvalue weighted by Gasteiger charge is -2.47. The lowest BCUT2D eigenvalue weighted by Crippen LogP contribution is -2.61. The molecule has 1 atom stereocenters. The van der Waals surface area contributed by atoms with Gasteiger partial charge in [-0.15, -0.1) is 0 Å². The van der Waals surface area contributed by atoms with Crippen LogP contribution in [0.4, 0.5) is 0 Å². The highest BCUT2D eigenvalue weighted by molar-refractivity contribution is 5.00. The predicted octanol–water partition coefficient (Wildman–Crippen LogP) is 2.27. The quantitative estimate of drug-likeness (QED) is 0.706. The fraction of sp³-hybridized carbons (Fsp3) is 1.00. The van der Waals surface area contributed by atoms with Crippen LogP contribution in [0, 0.1) is 0 Å². The van der Waals surface area contributed by atoms with Crippen LogP contribution >= 0.6 is 0 Å². The minimum absolute atomic E-state index is 0.280. The van der Waals surface area contributed by atoms with Crippen molar-refractivity contribution in [1.29, 1.82) is 0 Å². The van der Waals surface area contributed by atoms with Gasteiger partial charge >= 0.3 is 0 Å². The molecule has 1 heterocycles. The number of methoxy groups -OCH3 is 1. The number of hydrogen-bond donors (Lipinski definition) is 1. The molecule has 1 rings (SSSR count). The smallest absolute Gasteiger partial charge is 0.0633 e. The Balaban J connectivity index is 2.84. The van der Waals surface area contributed by atoms with E-state index in [0.717, 1.165) is 13.2 Å². The normalized spacial score (nSPS) is 19.8. The van der Waals surface area contributed by atoms with Gasteiger partial charge in [-0.1, -0.05) is 20.8 Å². The first-order valence-electron chi connectivity index (χ1n) is 7.22. The molecule has 1 unspecified atom stereocenters. The van der Waals surface area contributed by atoms with E-state index in [-0.39, 0.29) is 5.54 Å². The van der Waals surface area contributed by atoms with Crippen LogP contribution in [0.2, 0.25) is 0 Å². The highest BCUT2D eigenvalue weighted by Gasteiger charge is 2.41. The van der Waals surface area contributed by atoms with E-state index < -0.39 is 0 Å². The Morgan fingerprint density at radius 2 is 1.76 bits per heavy atom. The summed E-state index contributed by atoms with van der Waals surface area (Å²) in [7, 11) is 1.81. The summed E-state index contributed by atoms with van der Waals surface area (Å²) < 4.78 is 5.44. The van der Waals surface area contributed by atoms with Crippen LogP contribution in [0.15, 0.2) is 0 Å². The van der Waals surface area contributed by atoms with Gasteiger partial charge in [0.2, 0.25) is 0 Å². The Bertz CT molecular complexity index is 192. The molecule has 1 N–H and O–H groups in total. The summed E-state index contributed by atoms with van der Waals surface area (Å²) in [5.74, 6) is 0. The number of hydrogen-bond acceptors (Lipinski definition) is 3. The molecule has 0 aromatic carbocycles. The van der Waals surface area contributed by atoms with Crippen molar-refractivity contribution in [3.63, 3.8) is 0 Å². The number of nitrogens with zero attached hydrogens (tertiary/aromatic N) is 1. The molecule has 3 heteroatoms. The molecule has 0 amide bonds. The fourth-order valence-corrected chi connectivity index (χ4v) is 3.39. The van der Waals surface area contributed by atoms with Gasteiger partial charge in [0.1, 0.15) is 0 Å². The number of likely N-dealkylation sites (tertiary alicyclic amines) is 1. The molecular weight excluding hydrogens is 212 g/mol. The summed E-state index contributed by atoms with van der Waals surface area (Å²) in [5, 5.41) is 3.64. The Hall–Kier alpha value is -0.120. The second-order valence-electron chi connectivity index (χ2n) is 5.07.